The smallest absolute Gasteiger partial charge is 0.262 e. The molecule has 0 radical (unpaired) electrons. The minimum absolute atomic E-state index is 0.131. The summed E-state index contributed by atoms with van der Waals surface area (Å²) >= 11 is 0. The van der Waals surface area contributed by atoms with Gasteiger partial charge in [0.05, 0.1) is 11.9 Å². The van der Waals surface area contributed by atoms with Crippen LogP contribution in [0.15, 0.2) is 53.4 Å². The lowest BCUT2D eigenvalue weighted by atomic mass is 10.0. The van der Waals surface area contributed by atoms with Crippen molar-refractivity contribution in [1.82, 2.24) is 25.2 Å². The molecule has 1 saturated heterocycles. The maximum atomic E-state index is 13.8. The highest BCUT2D eigenvalue weighted by Crippen LogP contribution is 2.27. The van der Waals surface area contributed by atoms with E-state index < -0.39 is 30.4 Å². The Labute approximate surface area is 221 Å². The highest BCUT2D eigenvalue weighted by Gasteiger charge is 2.36. The number of aryl methyl sites for hydroxylation is 1. The summed E-state index contributed by atoms with van der Waals surface area (Å²) in [6.45, 7) is 8.29. The molecular weight excluding hydrogens is 499 g/mol. The van der Waals surface area contributed by atoms with Gasteiger partial charge in [-0.2, -0.15) is 4.39 Å². The Bertz CT molecular complexity index is 1100. The molecular formula is C27H36F3N5O3. The number of hydrogen-bond acceptors (Lipinski definition) is 5. The summed E-state index contributed by atoms with van der Waals surface area (Å²) in [5.74, 6) is -1.18. The lowest BCUT2D eigenvalue weighted by Crippen LogP contribution is -2.48. The van der Waals surface area contributed by atoms with Crippen LogP contribution in [-0.2, 0) is 16.6 Å². The third-order valence-corrected chi connectivity index (χ3v) is 5.77. The zero-order valence-corrected chi connectivity index (χ0v) is 22.4. The molecule has 2 amide bonds. The third kappa shape index (κ3) is 8.46. The van der Waals surface area contributed by atoms with Crippen LogP contribution in [0, 0.1) is 11.9 Å². The van der Waals surface area contributed by atoms with Gasteiger partial charge in [0.1, 0.15) is 18.3 Å². The minimum Gasteiger partial charge on any atom is -0.365 e. The van der Waals surface area contributed by atoms with Gasteiger partial charge in [-0.3, -0.25) is 14.3 Å². The number of benzene rings is 1. The number of nitrogens with zero attached hydrogens (tertiary/aromatic N) is 4. The van der Waals surface area contributed by atoms with Crippen molar-refractivity contribution in [3.63, 3.8) is 0 Å². The lowest BCUT2D eigenvalue weighted by molar-refractivity contribution is -0.139. The number of carbonyl (C=O) groups is 2. The Hall–Kier alpha value is -3.63. The average Bonchev–Trinajstić information content (AvgIpc) is 3.66. The van der Waals surface area contributed by atoms with Gasteiger partial charge in [0.15, 0.2) is 0 Å². The number of likely N-dealkylation sites (tertiary alicyclic amines) is 1. The number of carbonyl (C=O) groups excluding carboxylic acids is 2. The second kappa shape index (κ2) is 14.9. The van der Waals surface area contributed by atoms with Crippen molar-refractivity contribution in [2.45, 2.75) is 65.5 Å². The Kier molecular flexibility index (Phi) is 12.0. The van der Waals surface area contributed by atoms with Gasteiger partial charge in [0, 0.05) is 26.1 Å². The van der Waals surface area contributed by atoms with E-state index in [4.69, 9.17) is 0 Å². The number of halogens is 3. The first-order chi connectivity index (χ1) is 18.2. The molecule has 4 rings (SSSR count). The van der Waals surface area contributed by atoms with E-state index in [1.807, 2.05) is 27.7 Å². The predicted molar refractivity (Wildman–Crippen MR) is 138 cm³/mol. The van der Waals surface area contributed by atoms with Gasteiger partial charge < -0.3 is 14.7 Å². The van der Waals surface area contributed by atoms with Crippen molar-refractivity contribution in [2.24, 2.45) is 13.0 Å². The van der Waals surface area contributed by atoms with Crippen LogP contribution < -0.4 is 5.32 Å². The van der Waals surface area contributed by atoms with E-state index in [9.17, 15) is 22.8 Å². The first-order valence-electron chi connectivity index (χ1n) is 12.7. The minimum atomic E-state index is -2.83. The first kappa shape index (κ1) is 30.6. The summed E-state index contributed by atoms with van der Waals surface area (Å²) in [6.07, 6.45) is 1.71. The molecule has 208 valence electrons. The summed E-state index contributed by atoms with van der Waals surface area (Å²) < 4.78 is 46.6. The largest absolute Gasteiger partial charge is 0.365 e. The number of amides is 2. The molecule has 0 spiro atoms. The molecule has 1 N–H and O–H groups in total. The van der Waals surface area contributed by atoms with Crippen LogP contribution in [0.5, 0.6) is 0 Å². The van der Waals surface area contributed by atoms with Crippen LogP contribution in [0.25, 0.3) is 11.3 Å². The second-order valence-electron chi connectivity index (χ2n) is 8.95. The van der Waals surface area contributed by atoms with Gasteiger partial charge in [-0.05, 0) is 36.0 Å². The molecule has 3 heterocycles. The summed E-state index contributed by atoms with van der Waals surface area (Å²) in [5, 5.41) is 9.41. The van der Waals surface area contributed by atoms with Gasteiger partial charge in [-0.1, -0.05) is 57.1 Å². The summed E-state index contributed by atoms with van der Waals surface area (Å²) in [6, 6.07) is 6.87. The molecule has 38 heavy (non-hydrogen) atoms. The van der Waals surface area contributed by atoms with E-state index >= 15 is 0 Å². The zero-order chi connectivity index (χ0) is 28.2. The molecule has 2 unspecified atom stereocenters. The normalized spacial score (nSPS) is 15.4. The summed E-state index contributed by atoms with van der Waals surface area (Å²) in [5.41, 5.74) is 1.35. The van der Waals surface area contributed by atoms with Gasteiger partial charge >= 0.3 is 0 Å². The molecule has 0 saturated carbocycles. The quantitative estimate of drug-likeness (QED) is 0.438. The van der Waals surface area contributed by atoms with E-state index in [0.717, 1.165) is 0 Å². The number of rotatable bonds is 7. The molecule has 1 aliphatic heterocycles. The molecule has 0 bridgehead atoms. The van der Waals surface area contributed by atoms with Gasteiger partial charge in [-0.15, -0.1) is 5.10 Å². The fourth-order valence-corrected chi connectivity index (χ4v) is 4.08. The van der Waals surface area contributed by atoms with E-state index in [1.165, 1.54) is 34.0 Å². The topological polar surface area (TPSA) is 93.3 Å². The van der Waals surface area contributed by atoms with Crippen LogP contribution in [0.2, 0.25) is 0 Å². The summed E-state index contributed by atoms with van der Waals surface area (Å²) in [4.78, 5) is 26.7. The fourth-order valence-electron chi connectivity index (χ4n) is 4.08. The maximum absolute atomic E-state index is 13.8. The van der Waals surface area contributed by atoms with Gasteiger partial charge in [0.25, 0.3) is 6.43 Å². The fraction of sp³-hybridized carbons (Fsp3) is 0.481. The highest BCUT2D eigenvalue weighted by atomic mass is 19.3. The van der Waals surface area contributed by atoms with E-state index in [-0.39, 0.29) is 17.4 Å². The molecule has 3 aromatic rings. The van der Waals surface area contributed by atoms with Crippen LogP contribution in [0.3, 0.4) is 0 Å². The van der Waals surface area contributed by atoms with E-state index in [1.54, 1.807) is 31.4 Å². The molecule has 11 heteroatoms. The molecule has 1 aromatic carbocycles. The van der Waals surface area contributed by atoms with Crippen molar-refractivity contribution in [2.75, 3.05) is 6.54 Å². The maximum Gasteiger partial charge on any atom is 0.262 e. The lowest BCUT2D eigenvalue weighted by Gasteiger charge is -2.27. The van der Waals surface area contributed by atoms with Gasteiger partial charge in [0.2, 0.25) is 17.8 Å². The van der Waals surface area contributed by atoms with Crippen LogP contribution >= 0.6 is 0 Å². The van der Waals surface area contributed by atoms with Crippen molar-refractivity contribution in [3.05, 3.63) is 60.4 Å². The molecule has 8 nitrogen and oxygen atoms in total. The Morgan fingerprint density at radius 3 is 2.34 bits per heavy atom. The average molecular weight is 536 g/mol. The Morgan fingerprint density at radius 2 is 1.87 bits per heavy atom. The predicted octanol–water partition coefficient (Wildman–Crippen LogP) is 5.39. The first-order valence-corrected chi connectivity index (χ1v) is 12.7. The molecule has 1 fully saturated rings. The highest BCUT2D eigenvalue weighted by molar-refractivity contribution is 5.88. The van der Waals surface area contributed by atoms with Crippen LogP contribution in [0.4, 0.5) is 13.2 Å². The van der Waals surface area contributed by atoms with E-state index in [0.29, 0.717) is 37.1 Å². The molecule has 0 aliphatic carbocycles. The van der Waals surface area contributed by atoms with Crippen molar-refractivity contribution >= 4 is 11.8 Å². The monoisotopic (exact) mass is 535 g/mol. The molecule has 1 aliphatic rings. The second-order valence-corrected chi connectivity index (χ2v) is 8.95. The van der Waals surface area contributed by atoms with Crippen molar-refractivity contribution in [3.8, 4) is 11.3 Å². The van der Waals surface area contributed by atoms with Gasteiger partial charge in [-0.25, -0.2) is 8.78 Å². The van der Waals surface area contributed by atoms with Crippen LogP contribution in [-0.4, -0.2) is 50.7 Å². The third-order valence-electron chi connectivity index (χ3n) is 5.77. The number of aromatic nitrogens is 3. The van der Waals surface area contributed by atoms with Crippen molar-refractivity contribution < 1.29 is 27.3 Å². The number of hydrogen-bond donors (Lipinski definition) is 1. The van der Waals surface area contributed by atoms with Crippen molar-refractivity contribution in [1.29, 1.82) is 0 Å². The Morgan fingerprint density at radius 1 is 1.18 bits per heavy atom. The zero-order valence-electron chi connectivity index (χ0n) is 22.4. The molecule has 2 aromatic heterocycles. The standard InChI is InChI=1S/C22H27F3N4O2.C3H3NO.C2H6/c1-13(2)11-19(30)29-10-4-5-16(29)22(31)26-20(21(24)25)15-8-6-14(7-9-15)17-12-18(23)27-28(17)3;1-2-4-5-3-1;1-2/h6-9,12-13,16,20-21H,4-5,10-11H2,1-3H3,(H,26,31);1-3H;1-2H3. The molecule has 2 atom stereocenters. The van der Waals surface area contributed by atoms with E-state index in [2.05, 4.69) is 20.1 Å². The number of alkyl halides is 2. The Balaban J connectivity index is 0.000000636. The SMILES string of the molecule is CC.CC(C)CC(=O)N1CCCC1C(=O)NC(c1ccc(-c2cc(F)nn2C)cc1)C(F)F.c1cnoc1. The van der Waals surface area contributed by atoms with Crippen LogP contribution in [0.1, 0.15) is 58.6 Å². The summed E-state index contributed by atoms with van der Waals surface area (Å²) in [7, 11) is 1.59. The number of nitrogens with one attached hydrogen (secondary N) is 1.